The van der Waals surface area contributed by atoms with Crippen LogP contribution in [0, 0.1) is 26.2 Å². The molecule has 1 saturated heterocycles. The lowest BCUT2D eigenvalue weighted by Gasteiger charge is -2.32. The van der Waals surface area contributed by atoms with Crippen molar-refractivity contribution < 1.29 is 9.53 Å². The van der Waals surface area contributed by atoms with Crippen LogP contribution >= 0.6 is 11.6 Å². The largest absolute Gasteiger partial charge is 0.490 e. The second-order valence-corrected chi connectivity index (χ2v) is 7.07. The summed E-state index contributed by atoms with van der Waals surface area (Å²) in [5, 5.41) is 0.695. The Hall–Kier alpha value is -2.38. The predicted octanol–water partition coefficient (Wildman–Crippen LogP) is 4.08. The number of piperidine rings is 1. The first-order chi connectivity index (χ1) is 12.5. The summed E-state index contributed by atoms with van der Waals surface area (Å²) in [4.78, 5) is 14.8. The molecular weight excluding hydrogens is 348 g/mol. The second-order valence-electron chi connectivity index (χ2n) is 6.64. The highest BCUT2D eigenvalue weighted by Crippen LogP contribution is 2.23. The van der Waals surface area contributed by atoms with E-state index in [1.807, 2.05) is 53.6 Å². The molecule has 0 aliphatic carbocycles. The molecule has 0 atom stereocenters. The van der Waals surface area contributed by atoms with Gasteiger partial charge in [0.1, 0.15) is 11.9 Å². The minimum Gasteiger partial charge on any atom is -0.490 e. The first-order valence-electron chi connectivity index (χ1n) is 8.81. The van der Waals surface area contributed by atoms with Gasteiger partial charge in [-0.25, -0.2) is 0 Å². The lowest BCUT2D eigenvalue weighted by atomic mass is 10.1. The SMILES string of the molecule is C#CCn1c(C)cc(C(=O)N2CCC(Oc3ccc(Cl)cc3)CC2)c1C. The summed E-state index contributed by atoms with van der Waals surface area (Å²) in [6.45, 7) is 5.80. The standard InChI is InChI=1S/C21H23ClN2O2/c1-4-11-24-15(2)14-20(16(24)3)21(25)23-12-9-19(10-13-23)26-18-7-5-17(22)6-8-18/h1,5-8,14,19H,9-13H2,2-3H3. The van der Waals surface area contributed by atoms with E-state index < -0.39 is 0 Å². The Morgan fingerprint density at radius 2 is 1.92 bits per heavy atom. The van der Waals surface area contributed by atoms with Crippen molar-refractivity contribution in [1.29, 1.82) is 0 Å². The number of nitrogens with zero attached hydrogens (tertiary/aromatic N) is 2. The molecule has 26 heavy (non-hydrogen) atoms. The smallest absolute Gasteiger partial charge is 0.255 e. The van der Waals surface area contributed by atoms with Gasteiger partial charge in [-0.1, -0.05) is 17.5 Å². The van der Waals surface area contributed by atoms with Crippen molar-refractivity contribution in [3.05, 3.63) is 52.3 Å². The van der Waals surface area contributed by atoms with E-state index in [-0.39, 0.29) is 12.0 Å². The van der Waals surface area contributed by atoms with Gasteiger partial charge in [-0.15, -0.1) is 6.42 Å². The molecule has 1 aromatic carbocycles. The molecule has 0 bridgehead atoms. The Morgan fingerprint density at radius 1 is 1.27 bits per heavy atom. The van der Waals surface area contributed by atoms with Crippen LogP contribution in [0.25, 0.3) is 0 Å². The molecule has 136 valence electrons. The first kappa shape index (κ1) is 18.4. The van der Waals surface area contributed by atoms with E-state index in [0.717, 1.165) is 35.5 Å². The fourth-order valence-corrected chi connectivity index (χ4v) is 3.53. The normalized spacial score (nSPS) is 14.9. The number of likely N-dealkylation sites (tertiary alicyclic amines) is 1. The molecule has 0 saturated carbocycles. The number of halogens is 1. The van der Waals surface area contributed by atoms with Gasteiger partial charge >= 0.3 is 0 Å². The fraction of sp³-hybridized carbons (Fsp3) is 0.381. The molecule has 0 unspecified atom stereocenters. The number of amides is 1. The van der Waals surface area contributed by atoms with Crippen LogP contribution < -0.4 is 4.74 Å². The van der Waals surface area contributed by atoms with E-state index in [0.29, 0.717) is 24.7 Å². The molecule has 4 nitrogen and oxygen atoms in total. The third kappa shape index (κ3) is 3.89. The molecule has 3 rings (SSSR count). The molecular formula is C21H23ClN2O2. The Morgan fingerprint density at radius 3 is 2.54 bits per heavy atom. The summed E-state index contributed by atoms with van der Waals surface area (Å²) in [5.41, 5.74) is 2.70. The summed E-state index contributed by atoms with van der Waals surface area (Å²) in [7, 11) is 0. The number of hydrogen-bond acceptors (Lipinski definition) is 2. The highest BCUT2D eigenvalue weighted by Gasteiger charge is 2.27. The van der Waals surface area contributed by atoms with E-state index in [1.165, 1.54) is 0 Å². The van der Waals surface area contributed by atoms with E-state index >= 15 is 0 Å². The van der Waals surface area contributed by atoms with E-state index in [2.05, 4.69) is 5.92 Å². The van der Waals surface area contributed by atoms with Crippen molar-refractivity contribution in [1.82, 2.24) is 9.47 Å². The molecule has 0 spiro atoms. The highest BCUT2D eigenvalue weighted by atomic mass is 35.5. The van der Waals surface area contributed by atoms with Gasteiger partial charge in [-0.3, -0.25) is 4.79 Å². The van der Waals surface area contributed by atoms with Crippen molar-refractivity contribution in [3.8, 4) is 18.1 Å². The highest BCUT2D eigenvalue weighted by molar-refractivity contribution is 6.30. The molecule has 0 N–H and O–H groups in total. The average Bonchev–Trinajstić information content (AvgIpc) is 2.92. The van der Waals surface area contributed by atoms with Gasteiger partial charge in [0.25, 0.3) is 5.91 Å². The van der Waals surface area contributed by atoms with Crippen LogP contribution in [0.4, 0.5) is 0 Å². The third-order valence-corrected chi connectivity index (χ3v) is 5.15. The zero-order valence-electron chi connectivity index (χ0n) is 15.2. The number of carbonyl (C=O) groups is 1. The quantitative estimate of drug-likeness (QED) is 0.760. The van der Waals surface area contributed by atoms with E-state index in [4.69, 9.17) is 22.8 Å². The minimum absolute atomic E-state index is 0.0753. The summed E-state index contributed by atoms with van der Waals surface area (Å²) >= 11 is 5.90. The van der Waals surface area contributed by atoms with Gasteiger partial charge < -0.3 is 14.2 Å². The monoisotopic (exact) mass is 370 g/mol. The Kier molecular flexibility index (Phi) is 5.58. The van der Waals surface area contributed by atoms with Gasteiger partial charge in [-0.2, -0.15) is 0 Å². The van der Waals surface area contributed by atoms with Crippen molar-refractivity contribution in [2.24, 2.45) is 0 Å². The molecule has 1 fully saturated rings. The van der Waals surface area contributed by atoms with Crippen molar-refractivity contribution in [2.75, 3.05) is 13.1 Å². The first-order valence-corrected chi connectivity index (χ1v) is 9.19. The van der Waals surface area contributed by atoms with Gasteiger partial charge in [-0.05, 0) is 44.2 Å². The van der Waals surface area contributed by atoms with Gasteiger partial charge in [0.2, 0.25) is 0 Å². The summed E-state index contributed by atoms with van der Waals surface area (Å²) in [6, 6.07) is 9.33. The van der Waals surface area contributed by atoms with Gasteiger partial charge in [0.05, 0.1) is 12.1 Å². The van der Waals surface area contributed by atoms with Crippen LogP contribution in [0.5, 0.6) is 5.75 Å². The maximum absolute atomic E-state index is 12.9. The fourth-order valence-electron chi connectivity index (χ4n) is 3.40. The maximum Gasteiger partial charge on any atom is 0.255 e. The molecule has 0 radical (unpaired) electrons. The molecule has 2 aromatic rings. The lowest BCUT2D eigenvalue weighted by Crippen LogP contribution is -2.41. The zero-order valence-corrected chi connectivity index (χ0v) is 15.9. The second kappa shape index (κ2) is 7.88. The Labute approximate surface area is 159 Å². The van der Waals surface area contributed by atoms with Crippen LogP contribution in [0.1, 0.15) is 34.6 Å². The number of rotatable bonds is 4. The van der Waals surface area contributed by atoms with Crippen LogP contribution in [0.3, 0.4) is 0 Å². The molecule has 1 aliphatic rings. The number of terminal acetylenes is 1. The summed E-state index contributed by atoms with van der Waals surface area (Å²) in [6.07, 6.45) is 7.18. The van der Waals surface area contributed by atoms with E-state index in [1.54, 1.807) is 0 Å². The molecule has 5 heteroatoms. The van der Waals surface area contributed by atoms with Crippen LogP contribution in [-0.2, 0) is 6.54 Å². The minimum atomic E-state index is 0.0753. The maximum atomic E-state index is 12.9. The van der Waals surface area contributed by atoms with Gasteiger partial charge in [0.15, 0.2) is 0 Å². The number of benzene rings is 1. The van der Waals surface area contributed by atoms with Crippen LogP contribution in [-0.4, -0.2) is 34.6 Å². The zero-order chi connectivity index (χ0) is 18.7. The average molecular weight is 371 g/mol. The molecule has 1 amide bonds. The lowest BCUT2D eigenvalue weighted by molar-refractivity contribution is 0.0595. The number of aromatic nitrogens is 1. The Balaban J connectivity index is 1.61. The predicted molar refractivity (Wildman–Crippen MR) is 104 cm³/mol. The van der Waals surface area contributed by atoms with Crippen molar-refractivity contribution >= 4 is 17.5 Å². The number of carbonyl (C=O) groups excluding carboxylic acids is 1. The number of ether oxygens (including phenoxy) is 1. The van der Waals surface area contributed by atoms with Crippen LogP contribution in [0.2, 0.25) is 5.02 Å². The summed E-state index contributed by atoms with van der Waals surface area (Å²) < 4.78 is 8.00. The molecule has 2 heterocycles. The van der Waals surface area contributed by atoms with Gasteiger partial charge in [0, 0.05) is 42.3 Å². The summed E-state index contributed by atoms with van der Waals surface area (Å²) in [5.74, 6) is 3.54. The van der Waals surface area contributed by atoms with E-state index in [9.17, 15) is 4.79 Å². The molecule has 1 aliphatic heterocycles. The van der Waals surface area contributed by atoms with Crippen molar-refractivity contribution in [3.63, 3.8) is 0 Å². The number of aryl methyl sites for hydroxylation is 1. The van der Waals surface area contributed by atoms with Crippen LogP contribution in [0.15, 0.2) is 30.3 Å². The molecule has 1 aromatic heterocycles. The van der Waals surface area contributed by atoms with Crippen molar-refractivity contribution in [2.45, 2.75) is 39.3 Å². The number of hydrogen-bond donors (Lipinski definition) is 0. The third-order valence-electron chi connectivity index (χ3n) is 4.90. The Bertz CT molecular complexity index is 825. The topological polar surface area (TPSA) is 34.5 Å².